The lowest BCUT2D eigenvalue weighted by Gasteiger charge is -2.09. The van der Waals surface area contributed by atoms with Gasteiger partial charge in [0.2, 0.25) is 0 Å². The van der Waals surface area contributed by atoms with Crippen molar-refractivity contribution >= 4 is 17.4 Å². The maximum absolute atomic E-state index is 11.9. The molecule has 2 aromatic rings. The fraction of sp³-hybridized carbons (Fsp3) is 0.267. The summed E-state index contributed by atoms with van der Waals surface area (Å²) in [6.45, 7) is 5.87. The van der Waals surface area contributed by atoms with Gasteiger partial charge in [-0.05, 0) is 44.2 Å². The van der Waals surface area contributed by atoms with Gasteiger partial charge in [-0.1, -0.05) is 18.5 Å². The Bertz CT molecular complexity index is 581. The third kappa shape index (κ3) is 2.21. The molecule has 0 radical (unpaired) electrons. The Balaban J connectivity index is 2.55. The van der Waals surface area contributed by atoms with E-state index in [4.69, 9.17) is 11.6 Å². The van der Waals surface area contributed by atoms with E-state index in [2.05, 4.69) is 4.57 Å². The zero-order chi connectivity index (χ0) is 13.3. The molecule has 0 saturated heterocycles. The van der Waals surface area contributed by atoms with E-state index in [1.807, 2.05) is 51.1 Å². The summed E-state index contributed by atoms with van der Waals surface area (Å²) in [7, 11) is 0. The lowest BCUT2D eigenvalue weighted by molar-refractivity contribution is 0.0987. The Hall–Kier alpha value is -1.54. The van der Waals surface area contributed by atoms with Crippen LogP contribution >= 0.6 is 11.6 Å². The van der Waals surface area contributed by atoms with Crippen LogP contribution in [0.3, 0.4) is 0 Å². The van der Waals surface area contributed by atoms with E-state index in [-0.39, 0.29) is 5.78 Å². The molecule has 0 amide bonds. The predicted molar refractivity (Wildman–Crippen MR) is 74.9 cm³/mol. The maximum Gasteiger partial charge on any atom is 0.164 e. The average Bonchev–Trinajstić information content (AvgIpc) is 2.65. The number of nitrogens with zero attached hydrogens (tertiary/aromatic N) is 1. The van der Waals surface area contributed by atoms with Crippen LogP contribution in [0.5, 0.6) is 0 Å². The minimum Gasteiger partial charge on any atom is -0.318 e. The number of rotatable bonds is 3. The zero-order valence-electron chi connectivity index (χ0n) is 10.8. The van der Waals surface area contributed by atoms with Crippen molar-refractivity contribution in [2.45, 2.75) is 27.2 Å². The largest absolute Gasteiger partial charge is 0.318 e. The van der Waals surface area contributed by atoms with Gasteiger partial charge in [0.15, 0.2) is 5.78 Å². The van der Waals surface area contributed by atoms with Crippen LogP contribution in [-0.4, -0.2) is 10.4 Å². The fourth-order valence-electron chi connectivity index (χ4n) is 2.22. The number of ketones is 1. The molecule has 0 fully saturated rings. The molecule has 0 atom stereocenters. The second-order valence-electron chi connectivity index (χ2n) is 4.37. The molecular formula is C15H16ClNO. The topological polar surface area (TPSA) is 22.0 Å². The highest BCUT2D eigenvalue weighted by Gasteiger charge is 2.14. The number of Topliss-reactive ketones (excluding diaryl/α,β-unsaturated/α-hetero) is 1. The molecule has 18 heavy (non-hydrogen) atoms. The van der Waals surface area contributed by atoms with Gasteiger partial charge in [-0.25, -0.2) is 0 Å². The van der Waals surface area contributed by atoms with Gasteiger partial charge in [0.1, 0.15) is 0 Å². The van der Waals surface area contributed by atoms with Gasteiger partial charge in [-0.2, -0.15) is 0 Å². The molecule has 94 valence electrons. The molecular weight excluding hydrogens is 246 g/mol. The van der Waals surface area contributed by atoms with Gasteiger partial charge in [-0.15, -0.1) is 0 Å². The van der Waals surface area contributed by atoms with Crippen molar-refractivity contribution < 1.29 is 4.79 Å². The molecule has 2 rings (SSSR count). The minimum atomic E-state index is 0.184. The minimum absolute atomic E-state index is 0.184. The van der Waals surface area contributed by atoms with Crippen molar-refractivity contribution in [1.82, 2.24) is 4.57 Å². The highest BCUT2D eigenvalue weighted by Crippen LogP contribution is 2.23. The standard InChI is InChI=1S/C15H16ClNO/c1-4-15(18)14-9-10(2)17(11(14)3)13-7-5-12(16)6-8-13/h5-9H,4H2,1-3H3. The third-order valence-corrected chi connectivity index (χ3v) is 3.39. The van der Waals surface area contributed by atoms with Crippen molar-refractivity contribution in [3.63, 3.8) is 0 Å². The number of hydrogen-bond acceptors (Lipinski definition) is 1. The summed E-state index contributed by atoms with van der Waals surface area (Å²) in [6, 6.07) is 9.59. The third-order valence-electron chi connectivity index (χ3n) is 3.14. The number of benzene rings is 1. The molecule has 0 saturated carbocycles. The summed E-state index contributed by atoms with van der Waals surface area (Å²) in [5, 5.41) is 0.714. The van der Waals surface area contributed by atoms with Crippen molar-refractivity contribution in [3.05, 3.63) is 52.3 Å². The molecule has 0 N–H and O–H groups in total. The van der Waals surface area contributed by atoms with E-state index in [0.29, 0.717) is 11.4 Å². The smallest absolute Gasteiger partial charge is 0.164 e. The fourth-order valence-corrected chi connectivity index (χ4v) is 2.35. The summed E-state index contributed by atoms with van der Waals surface area (Å²) in [6.07, 6.45) is 0.533. The molecule has 0 aliphatic heterocycles. The van der Waals surface area contributed by atoms with Crippen LogP contribution in [0.2, 0.25) is 5.02 Å². The Morgan fingerprint density at radius 2 is 1.83 bits per heavy atom. The highest BCUT2D eigenvalue weighted by atomic mass is 35.5. The first-order chi connectivity index (χ1) is 8.54. The van der Waals surface area contributed by atoms with E-state index in [1.165, 1.54) is 0 Å². The van der Waals surface area contributed by atoms with Gasteiger partial charge in [0.05, 0.1) is 0 Å². The molecule has 2 nitrogen and oxygen atoms in total. The normalized spacial score (nSPS) is 10.7. The lowest BCUT2D eigenvalue weighted by Crippen LogP contribution is -2.02. The number of aromatic nitrogens is 1. The second-order valence-corrected chi connectivity index (χ2v) is 4.81. The monoisotopic (exact) mass is 261 g/mol. The van der Waals surface area contributed by atoms with Crippen LogP contribution in [0, 0.1) is 13.8 Å². The predicted octanol–water partition coefficient (Wildman–Crippen LogP) is 4.34. The number of carbonyl (C=O) groups is 1. The Morgan fingerprint density at radius 1 is 1.22 bits per heavy atom. The maximum atomic E-state index is 11.9. The Morgan fingerprint density at radius 3 is 2.39 bits per heavy atom. The van der Waals surface area contributed by atoms with Crippen molar-refractivity contribution in [3.8, 4) is 5.69 Å². The first kappa shape index (κ1) is 12.9. The summed E-state index contributed by atoms with van der Waals surface area (Å²) in [5.74, 6) is 0.184. The van der Waals surface area contributed by atoms with Crippen LogP contribution in [0.4, 0.5) is 0 Å². The Kier molecular flexibility index (Phi) is 3.58. The number of halogens is 1. The summed E-state index contributed by atoms with van der Waals surface area (Å²) >= 11 is 5.89. The SMILES string of the molecule is CCC(=O)c1cc(C)n(-c2ccc(Cl)cc2)c1C. The van der Waals surface area contributed by atoms with Crippen molar-refractivity contribution in [2.24, 2.45) is 0 Å². The summed E-state index contributed by atoms with van der Waals surface area (Å²) < 4.78 is 2.08. The van der Waals surface area contributed by atoms with Gasteiger partial charge in [0.25, 0.3) is 0 Å². The van der Waals surface area contributed by atoms with E-state index >= 15 is 0 Å². The van der Waals surface area contributed by atoms with Gasteiger partial charge < -0.3 is 4.57 Å². The Labute approximate surface area is 112 Å². The van der Waals surface area contributed by atoms with E-state index in [9.17, 15) is 4.79 Å². The van der Waals surface area contributed by atoms with E-state index in [1.54, 1.807) is 0 Å². The molecule has 3 heteroatoms. The van der Waals surface area contributed by atoms with Gasteiger partial charge >= 0.3 is 0 Å². The van der Waals surface area contributed by atoms with Crippen LogP contribution in [0.25, 0.3) is 5.69 Å². The molecule has 0 bridgehead atoms. The molecule has 0 aliphatic carbocycles. The molecule has 1 heterocycles. The first-order valence-electron chi connectivity index (χ1n) is 6.02. The molecule has 0 spiro atoms. The van der Waals surface area contributed by atoms with E-state index < -0.39 is 0 Å². The number of carbonyl (C=O) groups excluding carboxylic acids is 1. The highest BCUT2D eigenvalue weighted by molar-refractivity contribution is 6.30. The van der Waals surface area contributed by atoms with Crippen LogP contribution in [-0.2, 0) is 0 Å². The average molecular weight is 262 g/mol. The number of aryl methyl sites for hydroxylation is 1. The lowest BCUT2D eigenvalue weighted by atomic mass is 10.1. The number of hydrogen-bond donors (Lipinski definition) is 0. The zero-order valence-corrected chi connectivity index (χ0v) is 11.6. The first-order valence-corrected chi connectivity index (χ1v) is 6.40. The van der Waals surface area contributed by atoms with Crippen molar-refractivity contribution in [1.29, 1.82) is 0 Å². The van der Waals surface area contributed by atoms with Gasteiger partial charge in [-0.3, -0.25) is 4.79 Å². The molecule has 0 unspecified atom stereocenters. The van der Waals surface area contributed by atoms with Crippen LogP contribution in [0.1, 0.15) is 35.1 Å². The van der Waals surface area contributed by atoms with E-state index in [0.717, 1.165) is 22.6 Å². The van der Waals surface area contributed by atoms with Crippen LogP contribution in [0.15, 0.2) is 30.3 Å². The molecule has 1 aromatic carbocycles. The summed E-state index contributed by atoms with van der Waals surface area (Å²) in [4.78, 5) is 11.9. The molecule has 0 aliphatic rings. The van der Waals surface area contributed by atoms with Gasteiger partial charge in [0, 0.05) is 34.1 Å². The quantitative estimate of drug-likeness (QED) is 0.754. The summed E-state index contributed by atoms with van der Waals surface area (Å²) in [5.41, 5.74) is 3.89. The second kappa shape index (κ2) is 4.99. The van der Waals surface area contributed by atoms with Crippen molar-refractivity contribution in [2.75, 3.05) is 0 Å². The molecule has 1 aromatic heterocycles. The van der Waals surface area contributed by atoms with Crippen LogP contribution < -0.4 is 0 Å².